The van der Waals surface area contributed by atoms with Crippen molar-refractivity contribution in [1.29, 1.82) is 0 Å². The van der Waals surface area contributed by atoms with E-state index in [9.17, 15) is 0 Å². The van der Waals surface area contributed by atoms with Crippen molar-refractivity contribution in [3.63, 3.8) is 0 Å². The van der Waals surface area contributed by atoms with E-state index < -0.39 is 0 Å². The Balaban J connectivity index is 3.39. The van der Waals surface area contributed by atoms with Crippen LogP contribution in [0.25, 0.3) is 0 Å². The van der Waals surface area contributed by atoms with Crippen molar-refractivity contribution >= 4 is 0 Å². The highest BCUT2D eigenvalue weighted by Crippen LogP contribution is 2.00. The van der Waals surface area contributed by atoms with E-state index >= 15 is 0 Å². The molecule has 2 unspecified atom stereocenters. The molecule has 0 rings (SSSR count). The molecule has 0 fully saturated rings. The smallest absolute Gasteiger partial charge is 0.0781 e. The lowest BCUT2D eigenvalue weighted by Gasteiger charge is -2.18. The topological polar surface area (TPSA) is 27.7 Å². The van der Waals surface area contributed by atoms with Gasteiger partial charge in [-0.25, -0.2) is 0 Å². The molecule has 0 N–H and O–H groups in total. The van der Waals surface area contributed by atoms with Gasteiger partial charge < -0.3 is 14.2 Å². The molecule has 15 heavy (non-hydrogen) atoms. The molecule has 3 heteroatoms. The average Bonchev–Trinajstić information content (AvgIpc) is 2.20. The summed E-state index contributed by atoms with van der Waals surface area (Å²) in [5.74, 6) is 0.577. The van der Waals surface area contributed by atoms with Gasteiger partial charge in [0, 0.05) is 13.2 Å². The Labute approximate surface area is 94.1 Å². The Hall–Kier alpha value is -0.120. The van der Waals surface area contributed by atoms with Crippen molar-refractivity contribution in [3.05, 3.63) is 0 Å². The minimum Gasteiger partial charge on any atom is -0.379 e. The third kappa shape index (κ3) is 10.2. The standard InChI is InChI=1S/C12H26O3/c1-6-13-8-11(4)15-9-12(5)14-7-10(2)3/h10-12H,6-9H2,1-5H3. The summed E-state index contributed by atoms with van der Waals surface area (Å²) in [4.78, 5) is 0. The maximum atomic E-state index is 5.59. The largest absolute Gasteiger partial charge is 0.379 e. The highest BCUT2D eigenvalue weighted by atomic mass is 16.6. The molecule has 0 spiro atoms. The fraction of sp³-hybridized carbons (Fsp3) is 1.00. The molecule has 0 aliphatic heterocycles. The monoisotopic (exact) mass is 218 g/mol. The van der Waals surface area contributed by atoms with Gasteiger partial charge in [0.2, 0.25) is 0 Å². The van der Waals surface area contributed by atoms with E-state index in [2.05, 4.69) is 13.8 Å². The molecular weight excluding hydrogens is 192 g/mol. The van der Waals surface area contributed by atoms with Gasteiger partial charge >= 0.3 is 0 Å². The van der Waals surface area contributed by atoms with Crippen LogP contribution in [0.4, 0.5) is 0 Å². The summed E-state index contributed by atoms with van der Waals surface area (Å²) in [6.07, 6.45) is 0.312. The van der Waals surface area contributed by atoms with Crippen LogP contribution in [-0.2, 0) is 14.2 Å². The van der Waals surface area contributed by atoms with Gasteiger partial charge in [-0.3, -0.25) is 0 Å². The third-order valence-corrected chi connectivity index (χ3v) is 1.89. The van der Waals surface area contributed by atoms with Crippen LogP contribution in [0.15, 0.2) is 0 Å². The molecule has 92 valence electrons. The molecule has 2 atom stereocenters. The average molecular weight is 218 g/mol. The predicted octanol–water partition coefficient (Wildman–Crippen LogP) is 2.49. The lowest BCUT2D eigenvalue weighted by atomic mass is 10.2. The van der Waals surface area contributed by atoms with Gasteiger partial charge in [-0.1, -0.05) is 13.8 Å². The van der Waals surface area contributed by atoms with E-state index in [1.165, 1.54) is 0 Å². The van der Waals surface area contributed by atoms with Crippen molar-refractivity contribution in [2.75, 3.05) is 26.4 Å². The van der Waals surface area contributed by atoms with Crippen LogP contribution < -0.4 is 0 Å². The van der Waals surface area contributed by atoms with Crippen molar-refractivity contribution in [1.82, 2.24) is 0 Å². The van der Waals surface area contributed by atoms with E-state index in [0.29, 0.717) is 19.1 Å². The Bertz CT molecular complexity index is 137. The second kappa shape index (κ2) is 9.13. The van der Waals surface area contributed by atoms with Crippen molar-refractivity contribution in [2.24, 2.45) is 5.92 Å². The Morgan fingerprint density at radius 1 is 0.800 bits per heavy atom. The highest BCUT2D eigenvalue weighted by molar-refractivity contribution is 4.53. The minimum atomic E-state index is 0.148. The van der Waals surface area contributed by atoms with E-state index in [1.54, 1.807) is 0 Å². The first-order chi connectivity index (χ1) is 7.06. The summed E-state index contributed by atoms with van der Waals surface area (Å²) >= 11 is 0. The summed E-state index contributed by atoms with van der Waals surface area (Å²) in [6, 6.07) is 0. The molecule has 0 aliphatic carbocycles. The van der Waals surface area contributed by atoms with Gasteiger partial charge in [-0.2, -0.15) is 0 Å². The van der Waals surface area contributed by atoms with E-state index in [-0.39, 0.29) is 12.2 Å². The number of rotatable bonds is 9. The zero-order valence-electron chi connectivity index (χ0n) is 10.8. The molecule has 0 saturated heterocycles. The van der Waals surface area contributed by atoms with Crippen LogP contribution in [0.2, 0.25) is 0 Å². The van der Waals surface area contributed by atoms with Crippen LogP contribution >= 0.6 is 0 Å². The molecule has 0 saturated carbocycles. The second-order valence-corrected chi connectivity index (χ2v) is 4.34. The molecule has 3 nitrogen and oxygen atoms in total. The first kappa shape index (κ1) is 14.9. The van der Waals surface area contributed by atoms with Crippen molar-refractivity contribution in [2.45, 2.75) is 46.8 Å². The second-order valence-electron chi connectivity index (χ2n) is 4.34. The Kier molecular flexibility index (Phi) is 9.06. The van der Waals surface area contributed by atoms with Crippen LogP contribution in [0.1, 0.15) is 34.6 Å². The van der Waals surface area contributed by atoms with Crippen LogP contribution in [0, 0.1) is 5.92 Å². The number of ether oxygens (including phenoxy) is 3. The summed E-state index contributed by atoms with van der Waals surface area (Å²) in [6.45, 7) is 13.2. The lowest BCUT2D eigenvalue weighted by molar-refractivity contribution is -0.0599. The SMILES string of the molecule is CCOCC(C)OCC(C)OCC(C)C. The fourth-order valence-electron chi connectivity index (χ4n) is 1.04. The summed E-state index contributed by atoms with van der Waals surface area (Å²) in [5.41, 5.74) is 0. The molecule has 0 aliphatic rings. The fourth-order valence-corrected chi connectivity index (χ4v) is 1.04. The van der Waals surface area contributed by atoms with Gasteiger partial charge in [0.15, 0.2) is 0 Å². The maximum Gasteiger partial charge on any atom is 0.0781 e. The van der Waals surface area contributed by atoms with Gasteiger partial charge in [-0.15, -0.1) is 0 Å². The maximum absolute atomic E-state index is 5.59. The van der Waals surface area contributed by atoms with Crippen molar-refractivity contribution in [3.8, 4) is 0 Å². The quantitative estimate of drug-likeness (QED) is 0.595. The van der Waals surface area contributed by atoms with Crippen molar-refractivity contribution < 1.29 is 14.2 Å². The summed E-state index contributed by atoms with van der Waals surface area (Å²) in [7, 11) is 0. The Morgan fingerprint density at radius 3 is 1.87 bits per heavy atom. The Morgan fingerprint density at radius 2 is 1.33 bits per heavy atom. The zero-order valence-corrected chi connectivity index (χ0v) is 10.8. The molecule has 0 bridgehead atoms. The minimum absolute atomic E-state index is 0.148. The molecule has 0 aromatic rings. The number of hydrogen-bond donors (Lipinski definition) is 0. The van der Waals surface area contributed by atoms with Crippen LogP contribution in [-0.4, -0.2) is 38.6 Å². The molecule has 0 heterocycles. The molecule has 0 aromatic heterocycles. The molecule has 0 radical (unpaired) electrons. The van der Waals surface area contributed by atoms with Gasteiger partial charge in [0.25, 0.3) is 0 Å². The zero-order chi connectivity index (χ0) is 11.7. The molecular formula is C12H26O3. The molecule has 0 amide bonds. The van der Waals surface area contributed by atoms with E-state index in [1.807, 2.05) is 20.8 Å². The normalized spacial score (nSPS) is 15.6. The predicted molar refractivity (Wildman–Crippen MR) is 62.2 cm³/mol. The first-order valence-corrected chi connectivity index (χ1v) is 5.87. The van der Waals surface area contributed by atoms with Gasteiger partial charge in [0.1, 0.15) is 0 Å². The number of hydrogen-bond acceptors (Lipinski definition) is 3. The summed E-state index contributed by atoms with van der Waals surface area (Å²) in [5, 5.41) is 0. The van der Waals surface area contributed by atoms with Gasteiger partial charge in [-0.05, 0) is 26.7 Å². The van der Waals surface area contributed by atoms with E-state index in [4.69, 9.17) is 14.2 Å². The van der Waals surface area contributed by atoms with E-state index in [0.717, 1.165) is 13.2 Å². The van der Waals surface area contributed by atoms with Crippen LogP contribution in [0.3, 0.4) is 0 Å². The third-order valence-electron chi connectivity index (χ3n) is 1.89. The highest BCUT2D eigenvalue weighted by Gasteiger charge is 2.07. The lowest BCUT2D eigenvalue weighted by Crippen LogP contribution is -2.24. The van der Waals surface area contributed by atoms with Crippen LogP contribution in [0.5, 0.6) is 0 Å². The first-order valence-electron chi connectivity index (χ1n) is 5.87. The summed E-state index contributed by atoms with van der Waals surface area (Å²) < 4.78 is 16.4. The van der Waals surface area contributed by atoms with Gasteiger partial charge in [0.05, 0.1) is 25.4 Å². The molecule has 0 aromatic carbocycles.